The van der Waals surface area contributed by atoms with E-state index in [-0.39, 0.29) is 12.0 Å². The predicted octanol–water partition coefficient (Wildman–Crippen LogP) is 3.99. The van der Waals surface area contributed by atoms with Gasteiger partial charge in [-0.3, -0.25) is 9.69 Å². The minimum Gasteiger partial charge on any atom is -0.494 e. The first-order chi connectivity index (χ1) is 14.1. The maximum Gasteiger partial charge on any atom is 0.307 e. The Morgan fingerprint density at radius 3 is 2.59 bits per heavy atom. The Morgan fingerprint density at radius 2 is 1.90 bits per heavy atom. The number of aliphatic carboxylic acids is 1. The minimum atomic E-state index is -0.737. The molecule has 2 atom stereocenters. The van der Waals surface area contributed by atoms with Gasteiger partial charge in [-0.05, 0) is 50.1 Å². The average molecular weight is 399 g/mol. The molecular formula is C23H29NO5. The molecular weight excluding hydrogens is 370 g/mol. The number of methoxy groups -OCH3 is 2. The number of hydrogen-bond acceptors (Lipinski definition) is 5. The first-order valence-corrected chi connectivity index (χ1v) is 9.99. The van der Waals surface area contributed by atoms with Crippen LogP contribution in [0.15, 0.2) is 42.5 Å². The molecule has 156 valence electrons. The molecule has 0 bridgehead atoms. The number of para-hydroxylation sites is 1. The summed E-state index contributed by atoms with van der Waals surface area (Å²) in [6.45, 7) is 3.84. The van der Waals surface area contributed by atoms with Crippen molar-refractivity contribution in [2.24, 2.45) is 5.92 Å². The Balaban J connectivity index is 2.08. The molecule has 1 heterocycles. The highest BCUT2D eigenvalue weighted by molar-refractivity contribution is 5.70. The van der Waals surface area contributed by atoms with Crippen LogP contribution in [0.5, 0.6) is 17.2 Å². The summed E-state index contributed by atoms with van der Waals surface area (Å²) >= 11 is 0. The van der Waals surface area contributed by atoms with Gasteiger partial charge in [0.2, 0.25) is 0 Å². The zero-order valence-corrected chi connectivity index (χ0v) is 17.3. The number of benzene rings is 2. The third-order valence-electron chi connectivity index (χ3n) is 5.40. The van der Waals surface area contributed by atoms with Crippen molar-refractivity contribution >= 4 is 5.97 Å². The molecule has 0 radical (unpaired) electrons. The Bertz CT molecular complexity index is 838. The van der Waals surface area contributed by atoms with Gasteiger partial charge in [0.1, 0.15) is 5.75 Å². The van der Waals surface area contributed by atoms with Crippen LogP contribution in [0.3, 0.4) is 0 Å². The number of rotatable bonds is 8. The number of ether oxygens (including phenoxy) is 3. The molecule has 2 aromatic carbocycles. The molecule has 2 unspecified atom stereocenters. The molecule has 1 aliphatic rings. The van der Waals surface area contributed by atoms with E-state index in [2.05, 4.69) is 11.0 Å². The van der Waals surface area contributed by atoms with Crippen molar-refractivity contribution in [3.63, 3.8) is 0 Å². The lowest BCUT2D eigenvalue weighted by molar-refractivity contribution is -0.143. The number of hydrogen-bond donors (Lipinski definition) is 1. The maximum atomic E-state index is 11.7. The van der Waals surface area contributed by atoms with Crippen LogP contribution in [0.2, 0.25) is 0 Å². The molecule has 1 N–H and O–H groups in total. The third kappa shape index (κ3) is 4.65. The lowest BCUT2D eigenvalue weighted by Crippen LogP contribution is -2.41. The van der Waals surface area contributed by atoms with Gasteiger partial charge in [0.05, 0.1) is 32.8 Å². The summed E-state index contributed by atoms with van der Waals surface area (Å²) in [4.78, 5) is 13.9. The van der Waals surface area contributed by atoms with Crippen LogP contribution in [0.4, 0.5) is 0 Å². The second kappa shape index (κ2) is 9.65. The zero-order valence-electron chi connectivity index (χ0n) is 17.3. The van der Waals surface area contributed by atoms with E-state index in [0.29, 0.717) is 31.1 Å². The van der Waals surface area contributed by atoms with Gasteiger partial charge in [-0.25, -0.2) is 0 Å². The maximum absolute atomic E-state index is 11.7. The van der Waals surface area contributed by atoms with Gasteiger partial charge in [0, 0.05) is 12.1 Å². The van der Waals surface area contributed by atoms with Crippen LogP contribution < -0.4 is 14.2 Å². The van der Waals surface area contributed by atoms with E-state index in [9.17, 15) is 9.90 Å². The Hall–Kier alpha value is -2.73. The predicted molar refractivity (Wildman–Crippen MR) is 111 cm³/mol. The highest BCUT2D eigenvalue weighted by atomic mass is 16.5. The van der Waals surface area contributed by atoms with Crippen LogP contribution in [-0.2, 0) is 4.79 Å². The summed E-state index contributed by atoms with van der Waals surface area (Å²) in [5.41, 5.74) is 2.04. The number of carboxylic acids is 1. The number of carboxylic acid groups (broad SMARTS) is 1. The van der Waals surface area contributed by atoms with Gasteiger partial charge >= 0.3 is 5.97 Å². The molecule has 2 aromatic rings. The van der Waals surface area contributed by atoms with Crippen molar-refractivity contribution in [3.05, 3.63) is 53.6 Å². The first kappa shape index (κ1) is 21.0. The van der Waals surface area contributed by atoms with Gasteiger partial charge in [0.15, 0.2) is 11.5 Å². The van der Waals surface area contributed by atoms with Gasteiger partial charge in [0.25, 0.3) is 0 Å². The molecule has 6 nitrogen and oxygen atoms in total. The Morgan fingerprint density at radius 1 is 1.14 bits per heavy atom. The summed E-state index contributed by atoms with van der Waals surface area (Å²) in [6.07, 6.45) is 1.55. The van der Waals surface area contributed by atoms with E-state index in [1.54, 1.807) is 14.2 Å². The number of piperidine rings is 1. The van der Waals surface area contributed by atoms with Gasteiger partial charge in [-0.15, -0.1) is 0 Å². The molecule has 3 rings (SSSR count). The number of nitrogens with zero attached hydrogens (tertiary/aromatic N) is 1. The van der Waals surface area contributed by atoms with Crippen LogP contribution >= 0.6 is 0 Å². The Labute approximate surface area is 172 Å². The fourth-order valence-electron chi connectivity index (χ4n) is 4.05. The minimum absolute atomic E-state index is 0.139. The molecule has 1 aliphatic heterocycles. The number of likely N-dealkylation sites (tertiary alicyclic amines) is 1. The fourth-order valence-corrected chi connectivity index (χ4v) is 4.05. The second-order valence-corrected chi connectivity index (χ2v) is 7.16. The monoisotopic (exact) mass is 399 g/mol. The topological polar surface area (TPSA) is 68.2 Å². The zero-order chi connectivity index (χ0) is 20.8. The summed E-state index contributed by atoms with van der Waals surface area (Å²) in [6, 6.07) is 13.7. The van der Waals surface area contributed by atoms with Crippen LogP contribution in [-0.4, -0.2) is 49.9 Å². The third-order valence-corrected chi connectivity index (χ3v) is 5.40. The molecule has 0 saturated carbocycles. The summed E-state index contributed by atoms with van der Waals surface area (Å²) < 4.78 is 16.8. The van der Waals surface area contributed by atoms with Crippen molar-refractivity contribution in [3.8, 4) is 17.2 Å². The highest BCUT2D eigenvalue weighted by Gasteiger charge is 2.33. The van der Waals surface area contributed by atoms with Crippen molar-refractivity contribution in [2.45, 2.75) is 25.8 Å². The largest absolute Gasteiger partial charge is 0.494 e. The average Bonchev–Trinajstić information content (AvgIpc) is 2.75. The Kier molecular flexibility index (Phi) is 6.99. The normalized spacial score (nSPS) is 18.1. The smallest absolute Gasteiger partial charge is 0.307 e. The SMILES string of the molecule is CCOc1ccccc1C(c1ccc(OC)c(OC)c1)N1CCCC(C(=O)O)C1. The van der Waals surface area contributed by atoms with Crippen molar-refractivity contribution in [1.82, 2.24) is 4.90 Å². The molecule has 0 amide bonds. The lowest BCUT2D eigenvalue weighted by atomic mass is 9.91. The van der Waals surface area contributed by atoms with Crippen LogP contribution in [0.1, 0.15) is 36.9 Å². The van der Waals surface area contributed by atoms with Crippen LogP contribution in [0.25, 0.3) is 0 Å². The summed E-state index contributed by atoms with van der Waals surface area (Å²) in [5.74, 6) is 1.02. The van der Waals surface area contributed by atoms with Crippen LogP contribution in [0, 0.1) is 5.92 Å². The van der Waals surface area contributed by atoms with E-state index in [1.807, 2.05) is 43.3 Å². The number of carbonyl (C=O) groups is 1. The fraction of sp³-hybridized carbons (Fsp3) is 0.435. The van der Waals surface area contributed by atoms with Gasteiger partial charge in [-0.2, -0.15) is 0 Å². The quantitative estimate of drug-likeness (QED) is 0.724. The van der Waals surface area contributed by atoms with E-state index in [0.717, 1.165) is 29.8 Å². The molecule has 6 heteroatoms. The van der Waals surface area contributed by atoms with Gasteiger partial charge < -0.3 is 19.3 Å². The first-order valence-electron chi connectivity index (χ1n) is 9.99. The van der Waals surface area contributed by atoms with Crippen molar-refractivity contribution < 1.29 is 24.1 Å². The van der Waals surface area contributed by atoms with E-state index >= 15 is 0 Å². The second-order valence-electron chi connectivity index (χ2n) is 7.16. The molecule has 0 aromatic heterocycles. The van der Waals surface area contributed by atoms with E-state index in [1.165, 1.54) is 0 Å². The molecule has 29 heavy (non-hydrogen) atoms. The lowest BCUT2D eigenvalue weighted by Gasteiger charge is -2.38. The van der Waals surface area contributed by atoms with Gasteiger partial charge in [-0.1, -0.05) is 24.3 Å². The van der Waals surface area contributed by atoms with Crippen molar-refractivity contribution in [2.75, 3.05) is 33.9 Å². The summed E-state index contributed by atoms with van der Waals surface area (Å²) in [7, 11) is 3.23. The van der Waals surface area contributed by atoms with E-state index in [4.69, 9.17) is 14.2 Å². The van der Waals surface area contributed by atoms with Crippen molar-refractivity contribution in [1.29, 1.82) is 0 Å². The molecule has 1 fully saturated rings. The highest BCUT2D eigenvalue weighted by Crippen LogP contribution is 2.40. The molecule has 0 spiro atoms. The summed E-state index contributed by atoms with van der Waals surface area (Å²) in [5, 5.41) is 9.58. The molecule has 0 aliphatic carbocycles. The molecule has 1 saturated heterocycles. The van der Waals surface area contributed by atoms with E-state index < -0.39 is 5.97 Å². The standard InChI is InChI=1S/C23H29NO5/c1-4-29-19-10-6-5-9-18(19)22(24-13-7-8-17(15-24)23(25)26)16-11-12-20(27-2)21(14-16)28-3/h5-6,9-12,14,17,22H,4,7-8,13,15H2,1-3H3,(H,25,26).